The van der Waals surface area contributed by atoms with Gasteiger partial charge in [-0.1, -0.05) is 54.6 Å². The molecule has 5 aromatic rings. The summed E-state index contributed by atoms with van der Waals surface area (Å²) in [5, 5.41) is 0. The number of carbonyl (C=O) groups excluding carboxylic acids is 1. The van der Waals surface area contributed by atoms with Gasteiger partial charge in [-0.3, -0.25) is 0 Å². The van der Waals surface area contributed by atoms with E-state index in [4.69, 9.17) is 14.2 Å². The van der Waals surface area contributed by atoms with Gasteiger partial charge < -0.3 is 14.2 Å². The second-order valence-electron chi connectivity index (χ2n) is 10.3. The molecule has 6 rings (SSSR count). The summed E-state index contributed by atoms with van der Waals surface area (Å²) in [6.45, 7) is 8.12. The number of rotatable bonds is 6. The highest BCUT2D eigenvalue weighted by atomic mass is 16.6. The molecule has 0 aliphatic carbocycles. The Morgan fingerprint density at radius 3 is 1.48 bits per heavy atom. The lowest BCUT2D eigenvalue weighted by Crippen LogP contribution is -2.31. The van der Waals surface area contributed by atoms with Crippen molar-refractivity contribution < 1.29 is 19.0 Å². The van der Waals surface area contributed by atoms with Crippen molar-refractivity contribution in [2.45, 2.75) is 33.3 Å². The number of cyclic esters (lactones) is 1. The molecule has 0 radical (unpaired) electrons. The maximum Gasteiger partial charge on any atom is 0.340 e. The van der Waals surface area contributed by atoms with Crippen LogP contribution in [0.2, 0.25) is 0 Å². The van der Waals surface area contributed by atoms with Crippen LogP contribution in [0.1, 0.15) is 49.3 Å². The first-order valence-electron chi connectivity index (χ1n) is 13.4. The number of carbonyl (C=O) groups is 1. The summed E-state index contributed by atoms with van der Waals surface area (Å²) in [6.07, 6.45) is 0. The highest BCUT2D eigenvalue weighted by Gasteiger charge is 2.50. The van der Waals surface area contributed by atoms with Crippen molar-refractivity contribution in [3.8, 4) is 23.0 Å². The number of ether oxygens (including phenoxy) is 3. The fourth-order valence-corrected chi connectivity index (χ4v) is 5.55. The van der Waals surface area contributed by atoms with Gasteiger partial charge in [-0.25, -0.2) is 4.79 Å². The van der Waals surface area contributed by atoms with E-state index in [0.717, 1.165) is 61.9 Å². The molecule has 0 N–H and O–H groups in total. The Hall–Kier alpha value is -4.83. The molecule has 0 aromatic heterocycles. The van der Waals surface area contributed by atoms with Gasteiger partial charge in [0.05, 0.1) is 5.56 Å². The van der Waals surface area contributed by atoms with Crippen LogP contribution in [0.4, 0.5) is 0 Å². The molecule has 1 heterocycles. The maximum atomic E-state index is 13.4. The van der Waals surface area contributed by atoms with Gasteiger partial charge in [-0.15, -0.1) is 0 Å². The van der Waals surface area contributed by atoms with E-state index in [9.17, 15) is 4.79 Å². The summed E-state index contributed by atoms with van der Waals surface area (Å²) in [7, 11) is 0. The standard InChI is InChI=1S/C36H30O4/c1-23-21-33(38-27-13-7-5-8-14-27)25(3)19-31(23)36(30-18-12-11-17-29(30)35(37)40-36)32-20-26(4)34(22-24(32)2)39-28-15-9-6-10-16-28/h5-22H,1-4H3. The highest BCUT2D eigenvalue weighted by Crippen LogP contribution is 2.51. The number of fused-ring (bicyclic) bond motifs is 1. The third-order valence-electron chi connectivity index (χ3n) is 7.52. The second kappa shape index (κ2) is 10.0. The van der Waals surface area contributed by atoms with Crippen molar-refractivity contribution in [3.05, 3.63) is 154 Å². The Bertz CT molecular complexity index is 1620. The summed E-state index contributed by atoms with van der Waals surface area (Å²) in [4.78, 5) is 13.4. The van der Waals surface area contributed by atoms with Crippen molar-refractivity contribution in [3.63, 3.8) is 0 Å². The van der Waals surface area contributed by atoms with E-state index in [0.29, 0.717) is 5.56 Å². The summed E-state index contributed by atoms with van der Waals surface area (Å²) in [5.41, 5.74) is 5.92. The smallest absolute Gasteiger partial charge is 0.340 e. The van der Waals surface area contributed by atoms with E-state index in [1.165, 1.54) is 0 Å². The minimum atomic E-state index is -1.12. The summed E-state index contributed by atoms with van der Waals surface area (Å²) < 4.78 is 18.9. The van der Waals surface area contributed by atoms with Crippen LogP contribution < -0.4 is 9.47 Å². The van der Waals surface area contributed by atoms with Crippen molar-refractivity contribution in [2.24, 2.45) is 0 Å². The SMILES string of the molecule is Cc1cc(C2(c3cc(C)c(Oc4ccccc4)cc3C)OC(=O)c3ccccc32)c(C)cc1Oc1ccccc1. The monoisotopic (exact) mass is 526 g/mol. The molecule has 0 saturated heterocycles. The van der Waals surface area contributed by atoms with E-state index in [-0.39, 0.29) is 5.97 Å². The normalized spacial score (nSPS) is 13.4. The molecule has 0 amide bonds. The molecule has 0 atom stereocenters. The van der Waals surface area contributed by atoms with Crippen LogP contribution in [0.15, 0.2) is 109 Å². The first-order chi connectivity index (χ1) is 19.4. The van der Waals surface area contributed by atoms with Crippen molar-refractivity contribution in [1.82, 2.24) is 0 Å². The Morgan fingerprint density at radius 2 is 0.975 bits per heavy atom. The summed E-state index contributed by atoms with van der Waals surface area (Å²) in [6, 6.07) is 35.4. The summed E-state index contributed by atoms with van der Waals surface area (Å²) >= 11 is 0. The molecule has 5 aromatic carbocycles. The minimum Gasteiger partial charge on any atom is -0.457 e. The third kappa shape index (κ3) is 4.32. The van der Waals surface area contributed by atoms with Gasteiger partial charge >= 0.3 is 5.97 Å². The highest BCUT2D eigenvalue weighted by molar-refractivity contribution is 5.96. The molecule has 1 aliphatic rings. The largest absolute Gasteiger partial charge is 0.457 e. The van der Waals surface area contributed by atoms with E-state index in [2.05, 4.69) is 12.1 Å². The third-order valence-corrected chi connectivity index (χ3v) is 7.52. The van der Waals surface area contributed by atoms with Crippen molar-refractivity contribution in [1.29, 1.82) is 0 Å². The average Bonchev–Trinajstić information content (AvgIpc) is 3.26. The Kier molecular flexibility index (Phi) is 6.39. The number of aryl methyl sites for hydroxylation is 4. The molecular weight excluding hydrogens is 496 g/mol. The molecule has 4 heteroatoms. The molecule has 4 nitrogen and oxygen atoms in total. The Morgan fingerprint density at radius 1 is 0.525 bits per heavy atom. The molecule has 0 bridgehead atoms. The van der Waals surface area contributed by atoms with Gasteiger partial charge in [0.2, 0.25) is 0 Å². The lowest BCUT2D eigenvalue weighted by Gasteiger charge is -2.34. The first-order valence-corrected chi connectivity index (χ1v) is 13.4. The zero-order valence-corrected chi connectivity index (χ0v) is 23.0. The lowest BCUT2D eigenvalue weighted by atomic mass is 9.75. The van der Waals surface area contributed by atoms with Gasteiger partial charge in [0.25, 0.3) is 0 Å². The number of hydrogen-bond donors (Lipinski definition) is 0. The second-order valence-corrected chi connectivity index (χ2v) is 10.3. The number of hydrogen-bond acceptors (Lipinski definition) is 4. The molecule has 198 valence electrons. The summed E-state index contributed by atoms with van der Waals surface area (Å²) in [5.74, 6) is 2.73. The molecule has 0 spiro atoms. The number of benzene rings is 5. The first kappa shape index (κ1) is 25.4. The quantitative estimate of drug-likeness (QED) is 0.207. The zero-order chi connectivity index (χ0) is 27.9. The lowest BCUT2D eigenvalue weighted by molar-refractivity contribution is 0.0248. The Balaban J connectivity index is 1.53. The van der Waals surface area contributed by atoms with Crippen LogP contribution in [0.5, 0.6) is 23.0 Å². The van der Waals surface area contributed by atoms with Crippen LogP contribution >= 0.6 is 0 Å². The molecule has 1 aliphatic heterocycles. The van der Waals surface area contributed by atoms with Gasteiger partial charge in [-0.05, 0) is 105 Å². The minimum absolute atomic E-state index is 0.334. The van der Waals surface area contributed by atoms with Crippen LogP contribution in [0, 0.1) is 27.7 Å². The molecular formula is C36H30O4. The average molecular weight is 527 g/mol. The Labute approximate surface area is 234 Å². The van der Waals surface area contributed by atoms with E-state index in [1.54, 1.807) is 0 Å². The molecule has 0 saturated carbocycles. The topological polar surface area (TPSA) is 44.8 Å². The van der Waals surface area contributed by atoms with E-state index >= 15 is 0 Å². The van der Waals surface area contributed by atoms with Gasteiger partial charge in [0.15, 0.2) is 5.60 Å². The molecule has 0 fully saturated rings. The predicted octanol–water partition coefficient (Wildman–Crippen LogP) is 8.97. The zero-order valence-electron chi connectivity index (χ0n) is 23.0. The van der Waals surface area contributed by atoms with E-state index in [1.807, 2.05) is 125 Å². The number of para-hydroxylation sites is 2. The van der Waals surface area contributed by atoms with Gasteiger partial charge in [-0.2, -0.15) is 0 Å². The number of esters is 1. The van der Waals surface area contributed by atoms with Crippen LogP contribution in [0.25, 0.3) is 0 Å². The van der Waals surface area contributed by atoms with Crippen molar-refractivity contribution >= 4 is 5.97 Å². The van der Waals surface area contributed by atoms with Crippen molar-refractivity contribution in [2.75, 3.05) is 0 Å². The maximum absolute atomic E-state index is 13.4. The fourth-order valence-electron chi connectivity index (χ4n) is 5.55. The van der Waals surface area contributed by atoms with Gasteiger partial charge in [0.1, 0.15) is 23.0 Å². The predicted molar refractivity (Wildman–Crippen MR) is 157 cm³/mol. The van der Waals surface area contributed by atoms with Crippen LogP contribution in [-0.4, -0.2) is 5.97 Å². The van der Waals surface area contributed by atoms with Gasteiger partial charge in [0, 0.05) is 16.7 Å². The fraction of sp³-hybridized carbons (Fsp3) is 0.139. The van der Waals surface area contributed by atoms with E-state index < -0.39 is 5.60 Å². The molecule has 40 heavy (non-hydrogen) atoms. The molecule has 0 unspecified atom stereocenters. The van der Waals surface area contributed by atoms with Crippen LogP contribution in [0.3, 0.4) is 0 Å². The van der Waals surface area contributed by atoms with Crippen LogP contribution in [-0.2, 0) is 10.3 Å².